The van der Waals surface area contributed by atoms with Crippen LogP contribution in [0.5, 0.6) is 0 Å². The van der Waals surface area contributed by atoms with E-state index in [2.05, 4.69) is 31.4 Å². The Kier molecular flexibility index (Phi) is 6.84. The SMILES string of the molecule is CCCCNC(=O)NC(=O)C[NH+]1C[C@H](C)C[C@@H](C)C1. The van der Waals surface area contributed by atoms with Gasteiger partial charge in [0.2, 0.25) is 0 Å². The molecular formula is C14H28N3O2+. The van der Waals surface area contributed by atoms with Gasteiger partial charge in [-0.2, -0.15) is 0 Å². The van der Waals surface area contributed by atoms with E-state index in [1.54, 1.807) is 0 Å². The Bertz CT molecular complexity index is 297. The van der Waals surface area contributed by atoms with Crippen LogP contribution in [0.1, 0.15) is 40.0 Å². The molecule has 0 aromatic rings. The van der Waals surface area contributed by atoms with Gasteiger partial charge in [0, 0.05) is 18.4 Å². The summed E-state index contributed by atoms with van der Waals surface area (Å²) in [5, 5.41) is 5.10. The van der Waals surface area contributed by atoms with Crippen LogP contribution in [0.3, 0.4) is 0 Å². The Balaban J connectivity index is 2.24. The van der Waals surface area contributed by atoms with Crippen LogP contribution in [0.2, 0.25) is 0 Å². The number of imide groups is 1. The van der Waals surface area contributed by atoms with Crippen LogP contribution in [-0.4, -0.2) is 38.1 Å². The van der Waals surface area contributed by atoms with Crippen LogP contribution in [0, 0.1) is 11.8 Å². The number of amides is 3. The molecule has 1 fully saturated rings. The molecule has 2 atom stereocenters. The predicted octanol–water partition coefficient (Wildman–Crippen LogP) is 0.173. The van der Waals surface area contributed by atoms with E-state index in [1.165, 1.54) is 11.3 Å². The number of unbranched alkanes of at least 4 members (excludes halogenated alkanes) is 1. The van der Waals surface area contributed by atoms with Crippen molar-refractivity contribution in [2.75, 3.05) is 26.2 Å². The van der Waals surface area contributed by atoms with Crippen molar-refractivity contribution in [3.63, 3.8) is 0 Å². The minimum Gasteiger partial charge on any atom is -0.338 e. The van der Waals surface area contributed by atoms with E-state index in [9.17, 15) is 9.59 Å². The lowest BCUT2D eigenvalue weighted by molar-refractivity contribution is -0.904. The van der Waals surface area contributed by atoms with Gasteiger partial charge in [0.15, 0.2) is 6.54 Å². The quantitative estimate of drug-likeness (QED) is 0.624. The first-order valence-corrected chi connectivity index (χ1v) is 7.42. The molecule has 1 heterocycles. The molecule has 3 N–H and O–H groups in total. The molecule has 0 aromatic carbocycles. The van der Waals surface area contributed by atoms with Crippen molar-refractivity contribution in [1.82, 2.24) is 10.6 Å². The Morgan fingerprint density at radius 1 is 1.21 bits per heavy atom. The number of hydrogen-bond donors (Lipinski definition) is 3. The van der Waals surface area contributed by atoms with E-state index in [0.717, 1.165) is 25.9 Å². The van der Waals surface area contributed by atoms with E-state index in [0.29, 0.717) is 24.9 Å². The first-order chi connectivity index (χ1) is 9.01. The van der Waals surface area contributed by atoms with Gasteiger partial charge in [-0.1, -0.05) is 27.2 Å². The number of quaternary nitrogens is 1. The number of likely N-dealkylation sites (tertiary alicyclic amines) is 1. The summed E-state index contributed by atoms with van der Waals surface area (Å²) in [5.74, 6) is 1.14. The molecule has 5 heteroatoms. The van der Waals surface area contributed by atoms with Gasteiger partial charge in [0.25, 0.3) is 5.91 Å². The molecule has 1 rings (SSSR count). The normalized spacial score (nSPS) is 26.8. The average Bonchev–Trinajstić information content (AvgIpc) is 2.27. The van der Waals surface area contributed by atoms with E-state index in [1.807, 2.05) is 0 Å². The van der Waals surface area contributed by atoms with Gasteiger partial charge in [-0.25, -0.2) is 4.79 Å². The molecule has 0 spiro atoms. The second kappa shape index (κ2) is 8.15. The van der Waals surface area contributed by atoms with E-state index in [4.69, 9.17) is 0 Å². The van der Waals surface area contributed by atoms with Crippen LogP contribution in [0.15, 0.2) is 0 Å². The molecule has 0 unspecified atom stereocenters. The van der Waals surface area contributed by atoms with Crippen molar-refractivity contribution in [2.24, 2.45) is 11.8 Å². The number of carbonyl (C=O) groups is 2. The Morgan fingerprint density at radius 3 is 2.42 bits per heavy atom. The Morgan fingerprint density at radius 2 is 1.84 bits per heavy atom. The smallest absolute Gasteiger partial charge is 0.321 e. The highest BCUT2D eigenvalue weighted by Crippen LogP contribution is 2.11. The van der Waals surface area contributed by atoms with Crippen LogP contribution >= 0.6 is 0 Å². The lowest BCUT2D eigenvalue weighted by Gasteiger charge is -2.31. The second-order valence-corrected chi connectivity index (χ2v) is 5.94. The average molecular weight is 270 g/mol. The number of hydrogen-bond acceptors (Lipinski definition) is 2. The monoisotopic (exact) mass is 270 g/mol. The van der Waals surface area contributed by atoms with Crippen molar-refractivity contribution in [3.8, 4) is 0 Å². The third kappa shape index (κ3) is 6.57. The molecule has 0 bridgehead atoms. The van der Waals surface area contributed by atoms with Crippen molar-refractivity contribution in [3.05, 3.63) is 0 Å². The van der Waals surface area contributed by atoms with Gasteiger partial charge >= 0.3 is 6.03 Å². The summed E-state index contributed by atoms with van der Waals surface area (Å²) in [7, 11) is 0. The first kappa shape index (κ1) is 16.0. The van der Waals surface area contributed by atoms with Gasteiger partial charge in [0.1, 0.15) is 0 Å². The number of carbonyl (C=O) groups excluding carboxylic acids is 2. The van der Waals surface area contributed by atoms with Crippen LogP contribution < -0.4 is 15.5 Å². The van der Waals surface area contributed by atoms with Gasteiger partial charge < -0.3 is 10.2 Å². The second-order valence-electron chi connectivity index (χ2n) is 5.94. The van der Waals surface area contributed by atoms with Crippen molar-refractivity contribution >= 4 is 11.9 Å². The Hall–Kier alpha value is -1.10. The maximum atomic E-state index is 11.8. The number of piperidine rings is 1. The molecular weight excluding hydrogens is 242 g/mol. The minimum atomic E-state index is -0.365. The number of rotatable bonds is 5. The first-order valence-electron chi connectivity index (χ1n) is 7.42. The van der Waals surface area contributed by atoms with E-state index in [-0.39, 0.29) is 11.9 Å². The fourth-order valence-electron chi connectivity index (χ4n) is 2.89. The van der Waals surface area contributed by atoms with Crippen LogP contribution in [-0.2, 0) is 4.79 Å². The molecule has 0 aliphatic carbocycles. The lowest BCUT2D eigenvalue weighted by Crippen LogP contribution is -3.15. The summed E-state index contributed by atoms with van der Waals surface area (Å²) < 4.78 is 0. The predicted molar refractivity (Wildman–Crippen MR) is 75.0 cm³/mol. The summed E-state index contributed by atoms with van der Waals surface area (Å²) in [4.78, 5) is 24.5. The molecule has 1 saturated heterocycles. The molecule has 19 heavy (non-hydrogen) atoms. The zero-order valence-electron chi connectivity index (χ0n) is 12.4. The Labute approximate surface area is 116 Å². The van der Waals surface area contributed by atoms with Crippen molar-refractivity contribution in [1.29, 1.82) is 0 Å². The summed E-state index contributed by atoms with van der Waals surface area (Å²) >= 11 is 0. The number of urea groups is 1. The summed E-state index contributed by atoms with van der Waals surface area (Å²) in [5.41, 5.74) is 0. The third-order valence-electron chi connectivity index (χ3n) is 3.56. The highest BCUT2D eigenvalue weighted by Gasteiger charge is 2.26. The maximum absolute atomic E-state index is 11.8. The maximum Gasteiger partial charge on any atom is 0.321 e. The zero-order chi connectivity index (χ0) is 14.3. The lowest BCUT2D eigenvalue weighted by atomic mass is 9.92. The van der Waals surface area contributed by atoms with E-state index < -0.39 is 0 Å². The van der Waals surface area contributed by atoms with Gasteiger partial charge in [-0.05, 0) is 12.8 Å². The standard InChI is InChI=1S/C14H27N3O2/c1-4-5-6-15-14(19)16-13(18)10-17-8-11(2)7-12(3)9-17/h11-12H,4-10H2,1-3H3,(H2,15,16,18,19)/p+1/t11-,12-/m1/s1. The molecule has 110 valence electrons. The van der Waals surface area contributed by atoms with Gasteiger partial charge in [-0.3, -0.25) is 10.1 Å². The molecule has 5 nitrogen and oxygen atoms in total. The molecule has 3 amide bonds. The summed E-state index contributed by atoms with van der Waals surface area (Å²) in [6, 6.07) is -0.365. The number of nitrogens with one attached hydrogen (secondary N) is 3. The van der Waals surface area contributed by atoms with Gasteiger partial charge in [-0.15, -0.1) is 0 Å². The van der Waals surface area contributed by atoms with Crippen molar-refractivity contribution in [2.45, 2.75) is 40.0 Å². The minimum absolute atomic E-state index is 0.176. The summed E-state index contributed by atoms with van der Waals surface area (Å²) in [6.45, 7) is 9.59. The van der Waals surface area contributed by atoms with Crippen LogP contribution in [0.25, 0.3) is 0 Å². The molecule has 0 aromatic heterocycles. The largest absolute Gasteiger partial charge is 0.338 e. The van der Waals surface area contributed by atoms with Gasteiger partial charge in [0.05, 0.1) is 13.1 Å². The topological polar surface area (TPSA) is 62.6 Å². The zero-order valence-corrected chi connectivity index (χ0v) is 12.4. The summed E-state index contributed by atoms with van der Waals surface area (Å²) in [6.07, 6.45) is 3.21. The molecule has 0 radical (unpaired) electrons. The fraction of sp³-hybridized carbons (Fsp3) is 0.857. The highest BCUT2D eigenvalue weighted by molar-refractivity contribution is 5.94. The third-order valence-corrected chi connectivity index (χ3v) is 3.56. The fourth-order valence-corrected chi connectivity index (χ4v) is 2.89. The molecule has 1 aliphatic heterocycles. The highest BCUT2D eigenvalue weighted by atomic mass is 16.2. The molecule has 1 aliphatic rings. The molecule has 0 saturated carbocycles. The van der Waals surface area contributed by atoms with Crippen LogP contribution in [0.4, 0.5) is 4.79 Å². The van der Waals surface area contributed by atoms with Crippen molar-refractivity contribution < 1.29 is 14.5 Å². The van der Waals surface area contributed by atoms with E-state index >= 15 is 0 Å².